The van der Waals surface area contributed by atoms with E-state index < -0.39 is 0 Å². The van der Waals surface area contributed by atoms with E-state index in [-0.39, 0.29) is 0 Å². The van der Waals surface area contributed by atoms with Gasteiger partial charge in [0.1, 0.15) is 0 Å². The molecule has 0 bridgehead atoms. The fourth-order valence-corrected chi connectivity index (χ4v) is 0.588. The smallest absolute Gasteiger partial charge is 0.0256 e. The quantitative estimate of drug-likeness (QED) is 0.471. The number of hydrogen-bond acceptors (Lipinski definition) is 2. The molecule has 0 aromatic carbocycles. The second-order valence-corrected chi connectivity index (χ2v) is 2.68. The molecule has 2 heteroatoms. The fourth-order valence-electron chi connectivity index (χ4n) is 0.588. The van der Waals surface area contributed by atoms with Gasteiger partial charge < -0.3 is 10.8 Å². The van der Waals surface area contributed by atoms with Gasteiger partial charge in [-0.15, -0.1) is 0 Å². The van der Waals surface area contributed by atoms with Crippen LogP contribution in [-0.2, 0) is 0 Å². The van der Waals surface area contributed by atoms with E-state index >= 15 is 0 Å². The Labute approximate surface area is 73.3 Å². The van der Waals surface area contributed by atoms with Gasteiger partial charge in [-0.1, -0.05) is 24.3 Å². The maximum Gasteiger partial charge on any atom is 0.0256 e. The molecular weight excluding hydrogens is 148 g/mol. The molecule has 0 saturated carbocycles. The minimum absolute atomic E-state index is 0.558. The van der Waals surface area contributed by atoms with Crippen molar-refractivity contribution in [3.8, 4) is 0 Å². The largest absolute Gasteiger partial charge is 0.308 e. The lowest BCUT2D eigenvalue weighted by Gasteiger charge is -1.96. The number of rotatable bonds is 4. The molecule has 12 heavy (non-hydrogen) atoms. The second kappa shape index (κ2) is 5.24. The summed E-state index contributed by atoms with van der Waals surface area (Å²) in [5.41, 5.74) is 2.39. The fraction of sp³-hybridized carbons (Fsp3) is 0.200. The minimum Gasteiger partial charge on any atom is -0.308 e. The zero-order valence-corrected chi connectivity index (χ0v) is 7.52. The predicted molar refractivity (Wildman–Crippen MR) is 54.2 cm³/mol. The van der Waals surface area contributed by atoms with Crippen LogP contribution in [0.5, 0.6) is 0 Å². The molecule has 64 valence electrons. The monoisotopic (exact) mass is 162 g/mol. The van der Waals surface area contributed by atoms with Crippen LogP contribution in [0.15, 0.2) is 35.5 Å². The van der Waals surface area contributed by atoms with E-state index in [9.17, 15) is 0 Å². The lowest BCUT2D eigenvalue weighted by molar-refractivity contribution is 1.39. The highest BCUT2D eigenvalue weighted by Gasteiger charge is 1.92. The molecule has 0 saturated heterocycles. The van der Waals surface area contributed by atoms with Gasteiger partial charge in [-0.05, 0) is 19.4 Å². The first kappa shape index (κ1) is 10.6. The van der Waals surface area contributed by atoms with Crippen molar-refractivity contribution in [3.63, 3.8) is 0 Å². The second-order valence-electron chi connectivity index (χ2n) is 2.68. The van der Waals surface area contributed by atoms with Crippen LogP contribution >= 0.6 is 0 Å². The van der Waals surface area contributed by atoms with E-state index in [1.54, 1.807) is 6.08 Å². The van der Waals surface area contributed by atoms with Crippen LogP contribution in [0.1, 0.15) is 13.8 Å². The number of allylic oxidation sites excluding steroid dienone is 5. The first-order chi connectivity index (χ1) is 5.61. The van der Waals surface area contributed by atoms with Gasteiger partial charge in [0.2, 0.25) is 0 Å². The van der Waals surface area contributed by atoms with Crippen molar-refractivity contribution in [1.82, 2.24) is 0 Å². The summed E-state index contributed by atoms with van der Waals surface area (Å²) >= 11 is 0. The third-order valence-electron chi connectivity index (χ3n) is 1.30. The molecule has 0 fully saturated rings. The van der Waals surface area contributed by atoms with Crippen molar-refractivity contribution in [2.45, 2.75) is 13.8 Å². The van der Waals surface area contributed by atoms with Gasteiger partial charge in [0, 0.05) is 18.0 Å². The summed E-state index contributed by atoms with van der Waals surface area (Å²) in [7, 11) is 0. The Morgan fingerprint density at radius 3 is 2.00 bits per heavy atom. The Bertz CT molecular complexity index is 253. The Morgan fingerprint density at radius 2 is 1.67 bits per heavy atom. The molecule has 0 radical (unpaired) electrons. The van der Waals surface area contributed by atoms with Crippen LogP contribution in [0.4, 0.5) is 0 Å². The van der Waals surface area contributed by atoms with Crippen molar-refractivity contribution in [3.05, 3.63) is 35.5 Å². The summed E-state index contributed by atoms with van der Waals surface area (Å²) in [6.07, 6.45) is 6.04. The van der Waals surface area contributed by atoms with Gasteiger partial charge in [-0.25, -0.2) is 0 Å². The molecule has 0 unspecified atom stereocenters. The molecular formula is C10H14N2. The van der Waals surface area contributed by atoms with E-state index in [4.69, 9.17) is 10.8 Å². The standard InChI is InChI=1S/C10H14N2/c1-8(2)4-5-10(7-12)9(3)6-11/h4-7,11-12H,3H2,1-2H3/b10-5-,11-6?,12-7?. The first-order valence-electron chi connectivity index (χ1n) is 3.67. The highest BCUT2D eigenvalue weighted by molar-refractivity contribution is 5.96. The number of nitrogens with one attached hydrogen (secondary N) is 2. The normalized spacial score (nSPS) is 10.3. The average Bonchev–Trinajstić information content (AvgIpc) is 2.04. The molecule has 0 aromatic heterocycles. The van der Waals surface area contributed by atoms with Gasteiger partial charge in [-0.3, -0.25) is 0 Å². The molecule has 0 aromatic rings. The summed E-state index contributed by atoms with van der Waals surface area (Å²) in [6.45, 7) is 7.59. The third-order valence-corrected chi connectivity index (χ3v) is 1.30. The summed E-state index contributed by atoms with van der Waals surface area (Å²) in [4.78, 5) is 0. The molecule has 2 nitrogen and oxygen atoms in total. The van der Waals surface area contributed by atoms with Crippen molar-refractivity contribution in [2.24, 2.45) is 0 Å². The molecule has 0 heterocycles. The average molecular weight is 162 g/mol. The minimum atomic E-state index is 0.558. The lowest BCUT2D eigenvalue weighted by atomic mass is 10.1. The van der Waals surface area contributed by atoms with Crippen LogP contribution in [-0.4, -0.2) is 12.4 Å². The Balaban J connectivity index is 4.66. The van der Waals surface area contributed by atoms with Crippen LogP contribution in [0.25, 0.3) is 0 Å². The van der Waals surface area contributed by atoms with E-state index in [0.717, 1.165) is 11.8 Å². The van der Waals surface area contributed by atoms with E-state index in [2.05, 4.69) is 6.58 Å². The molecule has 0 aliphatic rings. The van der Waals surface area contributed by atoms with Crippen molar-refractivity contribution in [2.75, 3.05) is 0 Å². The van der Waals surface area contributed by atoms with E-state index in [0.29, 0.717) is 11.1 Å². The Hall–Kier alpha value is -1.44. The van der Waals surface area contributed by atoms with Gasteiger partial charge in [0.25, 0.3) is 0 Å². The van der Waals surface area contributed by atoms with Crippen LogP contribution in [0.3, 0.4) is 0 Å². The molecule has 0 rings (SSSR count). The zero-order chi connectivity index (χ0) is 9.56. The Kier molecular flexibility index (Phi) is 4.61. The molecule has 0 atom stereocenters. The van der Waals surface area contributed by atoms with Crippen LogP contribution in [0.2, 0.25) is 0 Å². The van der Waals surface area contributed by atoms with Crippen LogP contribution < -0.4 is 0 Å². The Morgan fingerprint density at radius 1 is 1.08 bits per heavy atom. The van der Waals surface area contributed by atoms with Crippen molar-refractivity contribution >= 4 is 12.4 Å². The van der Waals surface area contributed by atoms with Gasteiger partial charge in [0.05, 0.1) is 0 Å². The maximum absolute atomic E-state index is 7.05. The lowest BCUT2D eigenvalue weighted by Crippen LogP contribution is -1.88. The van der Waals surface area contributed by atoms with Crippen molar-refractivity contribution in [1.29, 1.82) is 10.8 Å². The van der Waals surface area contributed by atoms with Crippen molar-refractivity contribution < 1.29 is 0 Å². The predicted octanol–water partition coefficient (Wildman–Crippen LogP) is 2.73. The molecule has 0 spiro atoms. The summed E-state index contributed by atoms with van der Waals surface area (Å²) in [5, 5.41) is 14.0. The highest BCUT2D eigenvalue weighted by atomic mass is 14.4. The molecule has 2 N–H and O–H groups in total. The first-order valence-corrected chi connectivity index (χ1v) is 3.67. The molecule has 0 amide bonds. The van der Waals surface area contributed by atoms with Gasteiger partial charge in [-0.2, -0.15) is 0 Å². The maximum atomic E-state index is 7.05. The third kappa shape index (κ3) is 3.66. The van der Waals surface area contributed by atoms with E-state index in [1.165, 1.54) is 6.21 Å². The molecule has 0 aliphatic carbocycles. The van der Waals surface area contributed by atoms with Gasteiger partial charge >= 0.3 is 0 Å². The van der Waals surface area contributed by atoms with Crippen LogP contribution in [0, 0.1) is 10.8 Å². The zero-order valence-electron chi connectivity index (χ0n) is 7.52. The molecule has 0 aliphatic heterocycles. The SMILES string of the molecule is C=C(C=N)/C(C=N)=C\C=C(C)C. The summed E-state index contributed by atoms with van der Waals surface area (Å²) in [5.74, 6) is 0. The number of hydrogen-bond donors (Lipinski definition) is 2. The highest BCUT2D eigenvalue weighted by Crippen LogP contribution is 2.03. The van der Waals surface area contributed by atoms with E-state index in [1.807, 2.05) is 19.9 Å². The summed E-state index contributed by atoms with van der Waals surface area (Å²) < 4.78 is 0. The summed E-state index contributed by atoms with van der Waals surface area (Å²) in [6, 6.07) is 0. The van der Waals surface area contributed by atoms with Gasteiger partial charge in [0.15, 0.2) is 0 Å². The topological polar surface area (TPSA) is 47.7 Å².